The van der Waals surface area contributed by atoms with Gasteiger partial charge in [0.1, 0.15) is 6.04 Å². The molecule has 0 spiro atoms. The minimum atomic E-state index is -0.683. The summed E-state index contributed by atoms with van der Waals surface area (Å²) in [6, 6.07) is 13.7. The van der Waals surface area contributed by atoms with Gasteiger partial charge in [-0.1, -0.05) is 30.8 Å². The quantitative estimate of drug-likeness (QED) is 0.842. The van der Waals surface area contributed by atoms with Crippen LogP contribution >= 0.6 is 0 Å². The molecule has 2 aromatic carbocycles. The summed E-state index contributed by atoms with van der Waals surface area (Å²) < 4.78 is 0. The number of fused-ring (bicyclic) bond motifs is 1. The van der Waals surface area contributed by atoms with Crippen LogP contribution in [-0.4, -0.2) is 35.7 Å². The summed E-state index contributed by atoms with van der Waals surface area (Å²) >= 11 is 0. The van der Waals surface area contributed by atoms with E-state index in [4.69, 9.17) is 5.73 Å². The summed E-state index contributed by atoms with van der Waals surface area (Å²) in [6.45, 7) is 3.79. The van der Waals surface area contributed by atoms with Crippen molar-refractivity contribution in [2.24, 2.45) is 5.73 Å². The molecule has 0 saturated heterocycles. The molecular formula is C21H21N3O3. The van der Waals surface area contributed by atoms with E-state index in [1.807, 2.05) is 24.3 Å². The molecule has 0 saturated carbocycles. The first kappa shape index (κ1) is 18.4. The molecule has 1 heterocycles. The van der Waals surface area contributed by atoms with Crippen molar-refractivity contribution in [3.63, 3.8) is 0 Å². The van der Waals surface area contributed by atoms with E-state index in [9.17, 15) is 14.4 Å². The van der Waals surface area contributed by atoms with Crippen LogP contribution in [0.15, 0.2) is 61.2 Å². The van der Waals surface area contributed by atoms with Gasteiger partial charge in [0, 0.05) is 31.3 Å². The second-order valence-corrected chi connectivity index (χ2v) is 6.47. The molecule has 3 rings (SSSR count). The Balaban J connectivity index is 1.86. The molecule has 0 unspecified atom stereocenters. The molecule has 0 radical (unpaired) electrons. The van der Waals surface area contributed by atoms with E-state index < -0.39 is 11.9 Å². The molecule has 0 aliphatic carbocycles. The maximum Gasteiger partial charge on any atom is 0.254 e. The standard InChI is InChI=1S/C21H21N3O3/c1-3-19(25)23(2)17-10-8-14(9-11-17)21(27)24-13-16-7-5-4-6-15(16)12-18(24)20(22)26/h3-11,18H,1,12-13H2,2H3,(H2,22,26)/t18-/m0/s1. The van der Waals surface area contributed by atoms with Crippen molar-refractivity contribution in [3.05, 3.63) is 77.9 Å². The predicted octanol–water partition coefficient (Wildman–Crippen LogP) is 1.89. The number of nitrogens with zero attached hydrogens (tertiary/aromatic N) is 2. The van der Waals surface area contributed by atoms with E-state index in [2.05, 4.69) is 6.58 Å². The lowest BCUT2D eigenvalue weighted by Gasteiger charge is -2.35. The van der Waals surface area contributed by atoms with Gasteiger partial charge in [0.25, 0.3) is 5.91 Å². The third-order valence-corrected chi connectivity index (χ3v) is 4.84. The van der Waals surface area contributed by atoms with Crippen LogP contribution in [0.5, 0.6) is 0 Å². The highest BCUT2D eigenvalue weighted by Crippen LogP contribution is 2.25. The number of primary amides is 1. The SMILES string of the molecule is C=CC(=O)N(C)c1ccc(C(=O)N2Cc3ccccc3C[C@H]2C(N)=O)cc1. The van der Waals surface area contributed by atoms with Gasteiger partial charge in [-0.25, -0.2) is 0 Å². The second kappa shape index (κ2) is 7.45. The van der Waals surface area contributed by atoms with E-state index in [1.54, 1.807) is 31.3 Å². The van der Waals surface area contributed by atoms with E-state index >= 15 is 0 Å². The van der Waals surface area contributed by atoms with Crippen molar-refractivity contribution in [1.29, 1.82) is 0 Å². The Bertz CT molecular complexity index is 905. The number of nitrogens with two attached hydrogens (primary N) is 1. The summed E-state index contributed by atoms with van der Waals surface area (Å²) in [5.41, 5.74) is 8.68. The summed E-state index contributed by atoms with van der Waals surface area (Å²) in [5.74, 6) is -1.03. The van der Waals surface area contributed by atoms with Crippen LogP contribution in [-0.2, 0) is 22.6 Å². The number of likely N-dealkylation sites (N-methyl/N-ethyl adjacent to an activating group) is 1. The zero-order chi connectivity index (χ0) is 19.6. The average molecular weight is 363 g/mol. The van der Waals surface area contributed by atoms with E-state index in [0.717, 1.165) is 11.1 Å². The predicted molar refractivity (Wildman–Crippen MR) is 103 cm³/mol. The lowest BCUT2D eigenvalue weighted by Crippen LogP contribution is -2.51. The molecule has 2 N–H and O–H groups in total. The van der Waals surface area contributed by atoms with E-state index in [0.29, 0.717) is 24.2 Å². The fourth-order valence-corrected chi connectivity index (χ4v) is 3.25. The van der Waals surface area contributed by atoms with Gasteiger partial charge in [-0.2, -0.15) is 0 Å². The molecule has 3 amide bonds. The molecule has 2 aromatic rings. The van der Waals surface area contributed by atoms with Gasteiger partial charge in [-0.3, -0.25) is 14.4 Å². The monoisotopic (exact) mass is 363 g/mol. The van der Waals surface area contributed by atoms with Gasteiger partial charge in [0.15, 0.2) is 0 Å². The molecule has 0 fully saturated rings. The van der Waals surface area contributed by atoms with Gasteiger partial charge in [-0.15, -0.1) is 0 Å². The molecular weight excluding hydrogens is 342 g/mol. The molecule has 1 aliphatic rings. The fraction of sp³-hybridized carbons (Fsp3) is 0.190. The number of carbonyl (C=O) groups excluding carboxylic acids is 3. The zero-order valence-corrected chi connectivity index (χ0v) is 15.1. The first-order valence-electron chi connectivity index (χ1n) is 8.59. The van der Waals surface area contributed by atoms with Crippen LogP contribution < -0.4 is 10.6 Å². The number of benzene rings is 2. The summed E-state index contributed by atoms with van der Waals surface area (Å²) in [7, 11) is 1.63. The highest BCUT2D eigenvalue weighted by molar-refractivity contribution is 6.01. The molecule has 6 heteroatoms. The first-order chi connectivity index (χ1) is 12.9. The average Bonchev–Trinajstić information content (AvgIpc) is 2.71. The van der Waals surface area contributed by atoms with Crippen molar-refractivity contribution >= 4 is 23.4 Å². The minimum Gasteiger partial charge on any atom is -0.368 e. The number of amides is 3. The second-order valence-electron chi connectivity index (χ2n) is 6.47. The Morgan fingerprint density at radius 1 is 1.11 bits per heavy atom. The maximum absolute atomic E-state index is 13.0. The van der Waals surface area contributed by atoms with Crippen molar-refractivity contribution in [2.45, 2.75) is 19.0 Å². The minimum absolute atomic E-state index is 0.240. The van der Waals surface area contributed by atoms with Crippen LogP contribution in [0, 0.1) is 0 Å². The number of hydrogen-bond donors (Lipinski definition) is 1. The molecule has 1 atom stereocenters. The highest BCUT2D eigenvalue weighted by atomic mass is 16.2. The Labute approximate surface area is 157 Å². The smallest absolute Gasteiger partial charge is 0.254 e. The van der Waals surface area contributed by atoms with E-state index in [1.165, 1.54) is 15.9 Å². The number of hydrogen-bond acceptors (Lipinski definition) is 3. The topological polar surface area (TPSA) is 83.7 Å². The Morgan fingerprint density at radius 3 is 2.33 bits per heavy atom. The van der Waals surface area contributed by atoms with Gasteiger partial charge in [-0.05, 0) is 41.5 Å². The third-order valence-electron chi connectivity index (χ3n) is 4.84. The molecule has 27 heavy (non-hydrogen) atoms. The van der Waals surface area contributed by atoms with Gasteiger partial charge in [0.2, 0.25) is 11.8 Å². The van der Waals surface area contributed by atoms with Crippen LogP contribution in [0.1, 0.15) is 21.5 Å². The van der Waals surface area contributed by atoms with Crippen molar-refractivity contribution in [3.8, 4) is 0 Å². The molecule has 1 aliphatic heterocycles. The molecule has 0 bridgehead atoms. The summed E-state index contributed by atoms with van der Waals surface area (Å²) in [6.07, 6.45) is 1.63. The largest absolute Gasteiger partial charge is 0.368 e. The number of rotatable bonds is 4. The van der Waals surface area contributed by atoms with Gasteiger partial charge in [0.05, 0.1) is 0 Å². The fourth-order valence-electron chi connectivity index (χ4n) is 3.25. The van der Waals surface area contributed by atoms with Crippen LogP contribution in [0.2, 0.25) is 0 Å². The van der Waals surface area contributed by atoms with E-state index in [-0.39, 0.29) is 11.8 Å². The van der Waals surface area contributed by atoms with Crippen LogP contribution in [0.3, 0.4) is 0 Å². The Kier molecular flexibility index (Phi) is 5.07. The molecule has 0 aromatic heterocycles. The first-order valence-corrected chi connectivity index (χ1v) is 8.59. The third kappa shape index (κ3) is 3.60. The lowest BCUT2D eigenvalue weighted by atomic mass is 9.93. The molecule has 138 valence electrons. The van der Waals surface area contributed by atoms with Crippen molar-refractivity contribution in [2.75, 3.05) is 11.9 Å². The van der Waals surface area contributed by atoms with Crippen LogP contribution in [0.4, 0.5) is 5.69 Å². The normalized spacial score (nSPS) is 15.6. The number of anilines is 1. The summed E-state index contributed by atoms with van der Waals surface area (Å²) in [4.78, 5) is 39.6. The highest BCUT2D eigenvalue weighted by Gasteiger charge is 2.33. The Hall–Kier alpha value is -3.41. The maximum atomic E-state index is 13.0. The summed E-state index contributed by atoms with van der Waals surface area (Å²) in [5, 5.41) is 0. The lowest BCUT2D eigenvalue weighted by molar-refractivity contribution is -0.123. The Morgan fingerprint density at radius 2 is 1.74 bits per heavy atom. The number of carbonyl (C=O) groups is 3. The van der Waals surface area contributed by atoms with Crippen molar-refractivity contribution < 1.29 is 14.4 Å². The van der Waals surface area contributed by atoms with Gasteiger partial charge < -0.3 is 15.5 Å². The van der Waals surface area contributed by atoms with Crippen LogP contribution in [0.25, 0.3) is 0 Å². The van der Waals surface area contributed by atoms with Crippen molar-refractivity contribution in [1.82, 2.24) is 4.90 Å². The van der Waals surface area contributed by atoms with Gasteiger partial charge >= 0.3 is 0 Å². The molecule has 6 nitrogen and oxygen atoms in total. The zero-order valence-electron chi connectivity index (χ0n) is 15.1.